The van der Waals surface area contributed by atoms with Gasteiger partial charge in [0.25, 0.3) is 0 Å². The standard InChI is InChI=1S/C14H16N4O/c1-2-18-10-12(9-17-18)8-16-13-5-3-11(4-6-13)7-14(15)19/h2-6,9-10,16H,1,7-8H2,(H2,15,19). The number of hydrogen-bond acceptors (Lipinski definition) is 3. The lowest BCUT2D eigenvalue weighted by molar-refractivity contribution is -0.117. The van der Waals surface area contributed by atoms with E-state index in [1.807, 2.05) is 30.5 Å². The summed E-state index contributed by atoms with van der Waals surface area (Å²) in [4.78, 5) is 10.8. The van der Waals surface area contributed by atoms with Crippen molar-refractivity contribution in [2.24, 2.45) is 5.73 Å². The predicted molar refractivity (Wildman–Crippen MR) is 75.3 cm³/mol. The lowest BCUT2D eigenvalue weighted by atomic mass is 10.1. The number of carbonyl (C=O) groups excluding carboxylic acids is 1. The maximum absolute atomic E-state index is 10.8. The van der Waals surface area contributed by atoms with Crippen LogP contribution in [0.3, 0.4) is 0 Å². The zero-order valence-corrected chi connectivity index (χ0v) is 10.5. The van der Waals surface area contributed by atoms with Crippen LogP contribution in [0.1, 0.15) is 11.1 Å². The molecule has 5 nitrogen and oxygen atoms in total. The molecule has 0 unspecified atom stereocenters. The van der Waals surface area contributed by atoms with Crippen molar-refractivity contribution < 1.29 is 4.79 Å². The maximum Gasteiger partial charge on any atom is 0.221 e. The second-order valence-corrected chi connectivity index (χ2v) is 4.20. The second-order valence-electron chi connectivity index (χ2n) is 4.20. The molecule has 1 aromatic heterocycles. The highest BCUT2D eigenvalue weighted by Gasteiger charge is 2.00. The van der Waals surface area contributed by atoms with E-state index in [1.54, 1.807) is 17.1 Å². The predicted octanol–water partition coefficient (Wildman–Crippen LogP) is 1.62. The Hall–Kier alpha value is -2.56. The summed E-state index contributed by atoms with van der Waals surface area (Å²) in [6.07, 6.45) is 5.60. The normalized spacial score (nSPS) is 10.1. The summed E-state index contributed by atoms with van der Waals surface area (Å²) < 4.78 is 1.66. The summed E-state index contributed by atoms with van der Waals surface area (Å²) in [6.45, 7) is 4.32. The Morgan fingerprint density at radius 1 is 1.37 bits per heavy atom. The quantitative estimate of drug-likeness (QED) is 0.825. The maximum atomic E-state index is 10.8. The lowest BCUT2D eigenvalue weighted by Gasteiger charge is -2.05. The van der Waals surface area contributed by atoms with E-state index in [4.69, 9.17) is 5.73 Å². The molecule has 1 aromatic carbocycles. The number of anilines is 1. The first-order chi connectivity index (χ1) is 9.17. The van der Waals surface area contributed by atoms with Crippen LogP contribution in [0.4, 0.5) is 5.69 Å². The molecule has 0 saturated carbocycles. The molecule has 0 spiro atoms. The number of nitrogens with one attached hydrogen (secondary N) is 1. The SMILES string of the molecule is C=Cn1cc(CNc2ccc(CC(N)=O)cc2)cn1. The molecule has 0 fully saturated rings. The molecule has 19 heavy (non-hydrogen) atoms. The average Bonchev–Trinajstić information content (AvgIpc) is 2.85. The number of nitrogens with zero attached hydrogens (tertiary/aromatic N) is 2. The van der Waals surface area contributed by atoms with Gasteiger partial charge in [-0.05, 0) is 17.7 Å². The van der Waals surface area contributed by atoms with Crippen LogP contribution in [0.25, 0.3) is 6.20 Å². The van der Waals surface area contributed by atoms with Crippen molar-refractivity contribution in [2.75, 3.05) is 5.32 Å². The van der Waals surface area contributed by atoms with Crippen molar-refractivity contribution >= 4 is 17.8 Å². The van der Waals surface area contributed by atoms with E-state index in [1.165, 1.54) is 0 Å². The monoisotopic (exact) mass is 256 g/mol. The Labute approximate surface area is 111 Å². The zero-order valence-electron chi connectivity index (χ0n) is 10.5. The van der Waals surface area contributed by atoms with Crippen LogP contribution in [0, 0.1) is 0 Å². The van der Waals surface area contributed by atoms with Crippen molar-refractivity contribution in [1.29, 1.82) is 0 Å². The Bertz CT molecular complexity index is 571. The molecule has 2 aromatic rings. The first-order valence-corrected chi connectivity index (χ1v) is 5.94. The topological polar surface area (TPSA) is 72.9 Å². The molecule has 98 valence electrons. The molecule has 0 aliphatic carbocycles. The van der Waals surface area contributed by atoms with Crippen LogP contribution in [-0.2, 0) is 17.8 Å². The van der Waals surface area contributed by atoms with Crippen molar-refractivity contribution in [1.82, 2.24) is 9.78 Å². The number of primary amides is 1. The molecular weight excluding hydrogens is 240 g/mol. The largest absolute Gasteiger partial charge is 0.381 e. The average molecular weight is 256 g/mol. The number of aromatic nitrogens is 2. The van der Waals surface area contributed by atoms with E-state index < -0.39 is 0 Å². The molecule has 0 bridgehead atoms. The summed E-state index contributed by atoms with van der Waals surface area (Å²) in [6, 6.07) is 7.63. The highest BCUT2D eigenvalue weighted by molar-refractivity contribution is 5.76. The third-order valence-corrected chi connectivity index (χ3v) is 2.67. The number of nitrogens with two attached hydrogens (primary N) is 1. The molecule has 1 amide bonds. The third kappa shape index (κ3) is 3.70. The molecule has 0 aliphatic rings. The molecule has 0 radical (unpaired) electrons. The molecule has 1 heterocycles. The van der Waals surface area contributed by atoms with Crippen LogP contribution in [0.5, 0.6) is 0 Å². The molecule has 5 heteroatoms. The Morgan fingerprint density at radius 3 is 2.68 bits per heavy atom. The summed E-state index contributed by atoms with van der Waals surface area (Å²) in [5.41, 5.74) is 8.11. The summed E-state index contributed by atoms with van der Waals surface area (Å²) >= 11 is 0. The van der Waals surface area contributed by atoms with Gasteiger partial charge in [0.05, 0.1) is 12.6 Å². The fourth-order valence-corrected chi connectivity index (χ4v) is 1.71. The van der Waals surface area contributed by atoms with Crippen LogP contribution in [0.2, 0.25) is 0 Å². The minimum Gasteiger partial charge on any atom is -0.381 e. The minimum absolute atomic E-state index is 0.270. The Kier molecular flexibility index (Phi) is 3.97. The van der Waals surface area contributed by atoms with Crippen LogP contribution < -0.4 is 11.1 Å². The van der Waals surface area contributed by atoms with Gasteiger partial charge in [0.2, 0.25) is 5.91 Å². The van der Waals surface area contributed by atoms with E-state index in [-0.39, 0.29) is 12.3 Å². The fourth-order valence-electron chi connectivity index (χ4n) is 1.71. The van der Waals surface area contributed by atoms with Crippen molar-refractivity contribution in [3.63, 3.8) is 0 Å². The summed E-state index contributed by atoms with van der Waals surface area (Å²) in [5, 5.41) is 7.38. The molecule has 2 rings (SSSR count). The van der Waals surface area contributed by atoms with E-state index >= 15 is 0 Å². The first-order valence-electron chi connectivity index (χ1n) is 5.94. The molecular formula is C14H16N4O. The van der Waals surface area contributed by atoms with Gasteiger partial charge in [0.1, 0.15) is 0 Å². The highest BCUT2D eigenvalue weighted by Crippen LogP contribution is 2.11. The number of carbonyl (C=O) groups is 1. The third-order valence-electron chi connectivity index (χ3n) is 2.67. The smallest absolute Gasteiger partial charge is 0.221 e. The van der Waals surface area contributed by atoms with Gasteiger partial charge in [-0.1, -0.05) is 18.7 Å². The van der Waals surface area contributed by atoms with E-state index in [2.05, 4.69) is 17.0 Å². The summed E-state index contributed by atoms with van der Waals surface area (Å²) in [7, 11) is 0. The van der Waals surface area contributed by atoms with Gasteiger partial charge in [-0.2, -0.15) is 5.10 Å². The number of benzene rings is 1. The molecule has 3 N–H and O–H groups in total. The van der Waals surface area contributed by atoms with Crippen molar-refractivity contribution in [3.8, 4) is 0 Å². The first kappa shape index (κ1) is 12.9. The zero-order chi connectivity index (χ0) is 13.7. The fraction of sp³-hybridized carbons (Fsp3) is 0.143. The van der Waals surface area contributed by atoms with Crippen LogP contribution in [0.15, 0.2) is 43.2 Å². The highest BCUT2D eigenvalue weighted by atomic mass is 16.1. The van der Waals surface area contributed by atoms with Crippen LogP contribution in [-0.4, -0.2) is 15.7 Å². The second kappa shape index (κ2) is 5.86. The molecule has 0 saturated heterocycles. The van der Waals surface area contributed by atoms with Gasteiger partial charge < -0.3 is 11.1 Å². The van der Waals surface area contributed by atoms with Gasteiger partial charge in [-0.15, -0.1) is 0 Å². The van der Waals surface area contributed by atoms with Gasteiger partial charge >= 0.3 is 0 Å². The van der Waals surface area contributed by atoms with Gasteiger partial charge in [0, 0.05) is 30.2 Å². The molecule has 0 atom stereocenters. The Morgan fingerprint density at radius 2 is 2.11 bits per heavy atom. The van der Waals surface area contributed by atoms with Crippen LogP contribution >= 0.6 is 0 Å². The minimum atomic E-state index is -0.322. The number of hydrogen-bond donors (Lipinski definition) is 2. The number of rotatable bonds is 6. The van der Waals surface area contributed by atoms with E-state index in [0.717, 1.165) is 16.8 Å². The van der Waals surface area contributed by atoms with E-state index in [0.29, 0.717) is 6.54 Å². The Balaban J connectivity index is 1.92. The van der Waals surface area contributed by atoms with E-state index in [9.17, 15) is 4.79 Å². The van der Waals surface area contributed by atoms with Crippen molar-refractivity contribution in [2.45, 2.75) is 13.0 Å². The van der Waals surface area contributed by atoms with Gasteiger partial charge in [0.15, 0.2) is 0 Å². The molecule has 0 aliphatic heterocycles. The summed E-state index contributed by atoms with van der Waals surface area (Å²) in [5.74, 6) is -0.322. The number of amides is 1. The lowest BCUT2D eigenvalue weighted by Crippen LogP contribution is -2.13. The van der Waals surface area contributed by atoms with Crippen molar-refractivity contribution in [3.05, 3.63) is 54.4 Å². The van der Waals surface area contributed by atoms with Gasteiger partial charge in [-0.3, -0.25) is 4.79 Å². The van der Waals surface area contributed by atoms with Gasteiger partial charge in [-0.25, -0.2) is 4.68 Å².